The lowest BCUT2D eigenvalue weighted by molar-refractivity contribution is -0.975. The molecule has 5 atom stereocenters. The van der Waals surface area contributed by atoms with Crippen LogP contribution in [-0.2, 0) is 16.6 Å². The highest BCUT2D eigenvalue weighted by Crippen LogP contribution is 2.90. The molecule has 4 heterocycles. The number of fused-ring (bicyclic) bond motifs is 7. The van der Waals surface area contributed by atoms with Crippen LogP contribution in [0, 0.1) is 0 Å². The number of rotatable bonds is 4. The summed E-state index contributed by atoms with van der Waals surface area (Å²) >= 11 is 0. The molecule has 0 N–H and O–H groups in total. The third-order valence-electron chi connectivity index (χ3n) is 8.87. The highest BCUT2D eigenvalue weighted by Gasteiger charge is 3.03. The van der Waals surface area contributed by atoms with E-state index in [4.69, 9.17) is 0 Å². The third kappa shape index (κ3) is 1.12. The summed E-state index contributed by atoms with van der Waals surface area (Å²) in [7, 11) is 4.45. The van der Waals surface area contributed by atoms with E-state index >= 15 is 0 Å². The molecule has 1 spiro atoms. The van der Waals surface area contributed by atoms with Gasteiger partial charge in [0.15, 0.2) is 17.1 Å². The van der Waals surface area contributed by atoms with Gasteiger partial charge in [-0.2, -0.15) is 0 Å². The molecule has 2 fully saturated rings. The van der Waals surface area contributed by atoms with Gasteiger partial charge in [-0.25, -0.2) is 0 Å². The van der Waals surface area contributed by atoms with Crippen molar-refractivity contribution in [2.75, 3.05) is 20.6 Å². The molecular formula is C24H29N2+. The van der Waals surface area contributed by atoms with Crippen molar-refractivity contribution in [3.05, 3.63) is 70.8 Å². The first-order valence-electron chi connectivity index (χ1n) is 10.3. The molecule has 0 aliphatic carbocycles. The van der Waals surface area contributed by atoms with Crippen LogP contribution in [0.4, 0.5) is 0 Å². The van der Waals surface area contributed by atoms with Crippen LogP contribution in [0.5, 0.6) is 0 Å². The first-order valence-corrected chi connectivity index (χ1v) is 10.3. The lowest BCUT2D eigenvalue weighted by Gasteiger charge is -2.51. The minimum absolute atomic E-state index is 0.137. The second-order valence-electron chi connectivity index (χ2n) is 9.47. The molecule has 2 saturated heterocycles. The van der Waals surface area contributed by atoms with Crippen LogP contribution in [0.25, 0.3) is 0 Å². The van der Waals surface area contributed by atoms with E-state index in [1.165, 1.54) is 30.3 Å². The number of hydrogen-bond donors (Lipinski definition) is 0. The van der Waals surface area contributed by atoms with Gasteiger partial charge in [-0.15, -0.1) is 0 Å². The summed E-state index contributed by atoms with van der Waals surface area (Å²) in [6, 6.07) is 19.7. The van der Waals surface area contributed by atoms with Crippen LogP contribution in [0.2, 0.25) is 0 Å². The van der Waals surface area contributed by atoms with Gasteiger partial charge in [-0.05, 0) is 21.0 Å². The van der Waals surface area contributed by atoms with Gasteiger partial charge in [0.1, 0.15) is 5.54 Å². The molecule has 6 rings (SSSR count). The molecule has 0 amide bonds. The van der Waals surface area contributed by atoms with Crippen molar-refractivity contribution >= 4 is 0 Å². The summed E-state index contributed by atoms with van der Waals surface area (Å²) in [5, 5.41) is 0. The van der Waals surface area contributed by atoms with E-state index in [0.29, 0.717) is 11.1 Å². The fourth-order valence-electron chi connectivity index (χ4n) is 8.31. The Hall–Kier alpha value is -1.64. The molecule has 4 aliphatic heterocycles. The number of hydrogen-bond acceptors (Lipinski definition) is 1. The predicted octanol–water partition coefficient (Wildman–Crippen LogP) is 4.33. The number of benzene rings is 2. The van der Waals surface area contributed by atoms with Gasteiger partial charge in [0.25, 0.3) is 0 Å². The molecule has 0 aromatic heterocycles. The van der Waals surface area contributed by atoms with Crippen LogP contribution >= 0.6 is 0 Å². The molecule has 2 heteroatoms. The van der Waals surface area contributed by atoms with Crippen molar-refractivity contribution in [1.82, 2.24) is 4.90 Å². The van der Waals surface area contributed by atoms with Crippen molar-refractivity contribution in [2.24, 2.45) is 0 Å². The lowest BCUT2D eigenvalue weighted by Crippen LogP contribution is -2.62. The molecule has 26 heavy (non-hydrogen) atoms. The van der Waals surface area contributed by atoms with Crippen molar-refractivity contribution in [1.29, 1.82) is 0 Å². The Labute approximate surface area is 157 Å². The zero-order chi connectivity index (χ0) is 17.9. The standard InChI is InChI=1S/C24H29N2/c1-5-24-20-13-9-7-11-18(20)22(2)17-10-6-8-12-19(17)23(14-15-25(3)4)16-21(24)26(22,23)24/h6-13,21H,5,14-16H2,1-4H3/q+1/t21?,22?,23-,24-,26?/m0/s1. The van der Waals surface area contributed by atoms with E-state index in [1.54, 1.807) is 22.3 Å². The van der Waals surface area contributed by atoms with Crippen LogP contribution < -0.4 is 0 Å². The van der Waals surface area contributed by atoms with E-state index in [2.05, 4.69) is 81.4 Å². The number of nitrogens with zero attached hydrogens (tertiary/aromatic N) is 2. The zero-order valence-electron chi connectivity index (χ0n) is 16.4. The minimum Gasteiger partial charge on any atom is -0.309 e. The summed E-state index contributed by atoms with van der Waals surface area (Å²) in [4.78, 5) is 2.37. The van der Waals surface area contributed by atoms with Gasteiger partial charge in [-0.1, -0.05) is 55.5 Å². The molecule has 2 aromatic rings. The molecule has 0 radical (unpaired) electrons. The average Bonchev–Trinajstić information content (AvgIpc) is 2.99. The van der Waals surface area contributed by atoms with Crippen molar-refractivity contribution in [2.45, 2.75) is 55.8 Å². The highest BCUT2D eigenvalue weighted by atomic mass is 15.7. The Morgan fingerprint density at radius 1 is 0.962 bits per heavy atom. The van der Waals surface area contributed by atoms with E-state index < -0.39 is 0 Å². The normalized spacial score (nSPS) is 42.7. The Bertz CT molecular complexity index is 949. The minimum atomic E-state index is 0.137. The van der Waals surface area contributed by atoms with Crippen LogP contribution in [0.1, 0.15) is 55.4 Å². The van der Waals surface area contributed by atoms with Crippen LogP contribution in [0.3, 0.4) is 0 Å². The van der Waals surface area contributed by atoms with Gasteiger partial charge in [-0.3, -0.25) is 4.48 Å². The highest BCUT2D eigenvalue weighted by molar-refractivity contribution is 5.61. The molecule has 2 aromatic carbocycles. The SMILES string of the molecule is CC[C@]12c3ccccc3C3(C)c4ccccc4[C@]4(CCN(C)C)CC1[N+]342. The fraction of sp³-hybridized carbons (Fsp3) is 0.500. The smallest absolute Gasteiger partial charge is 0.180 e. The molecular weight excluding hydrogens is 316 g/mol. The first kappa shape index (κ1) is 15.4. The monoisotopic (exact) mass is 345 g/mol. The topological polar surface area (TPSA) is 3.24 Å². The average molecular weight is 346 g/mol. The summed E-state index contributed by atoms with van der Waals surface area (Å²) in [5.74, 6) is 0. The Balaban J connectivity index is 1.68. The van der Waals surface area contributed by atoms with E-state index in [9.17, 15) is 0 Å². The van der Waals surface area contributed by atoms with Gasteiger partial charge < -0.3 is 4.90 Å². The van der Waals surface area contributed by atoms with Crippen molar-refractivity contribution in [3.8, 4) is 0 Å². The number of quaternary nitrogens is 1. The summed E-state index contributed by atoms with van der Waals surface area (Å²) in [5.41, 5.74) is 7.35. The molecule has 3 unspecified atom stereocenters. The van der Waals surface area contributed by atoms with Gasteiger partial charge in [0.05, 0.1) is 6.42 Å². The van der Waals surface area contributed by atoms with Crippen molar-refractivity contribution < 1.29 is 4.48 Å². The van der Waals surface area contributed by atoms with Gasteiger partial charge in [0, 0.05) is 41.6 Å². The summed E-state index contributed by atoms with van der Waals surface area (Å²) in [6.07, 6.45) is 3.91. The largest absolute Gasteiger partial charge is 0.309 e. The summed E-state index contributed by atoms with van der Waals surface area (Å²) < 4.78 is 1.32. The Kier molecular flexibility index (Phi) is 2.53. The lowest BCUT2D eigenvalue weighted by atomic mass is 9.76. The Morgan fingerprint density at radius 2 is 1.54 bits per heavy atom. The first-order chi connectivity index (χ1) is 12.5. The molecule has 0 bridgehead atoms. The maximum absolute atomic E-state index is 2.57. The Morgan fingerprint density at radius 3 is 2.15 bits per heavy atom. The van der Waals surface area contributed by atoms with Gasteiger partial charge in [0.2, 0.25) is 0 Å². The molecule has 2 nitrogen and oxygen atoms in total. The maximum Gasteiger partial charge on any atom is 0.180 e. The second-order valence-corrected chi connectivity index (χ2v) is 9.47. The van der Waals surface area contributed by atoms with E-state index in [0.717, 1.165) is 6.04 Å². The zero-order valence-corrected chi connectivity index (χ0v) is 16.4. The fourth-order valence-corrected chi connectivity index (χ4v) is 8.31. The quantitative estimate of drug-likeness (QED) is 0.589. The van der Waals surface area contributed by atoms with Crippen molar-refractivity contribution in [3.63, 3.8) is 0 Å². The van der Waals surface area contributed by atoms with E-state index in [-0.39, 0.29) is 5.54 Å². The molecule has 0 saturated carbocycles. The van der Waals surface area contributed by atoms with Crippen LogP contribution in [0.15, 0.2) is 48.5 Å². The summed E-state index contributed by atoms with van der Waals surface area (Å²) in [6.45, 7) is 6.18. The predicted molar refractivity (Wildman–Crippen MR) is 105 cm³/mol. The maximum atomic E-state index is 2.57. The molecule has 4 aliphatic rings. The third-order valence-corrected chi connectivity index (χ3v) is 8.87. The van der Waals surface area contributed by atoms with Gasteiger partial charge >= 0.3 is 0 Å². The van der Waals surface area contributed by atoms with E-state index in [1.807, 2.05) is 0 Å². The second kappa shape index (κ2) is 4.26. The molecule has 134 valence electrons. The van der Waals surface area contributed by atoms with Crippen LogP contribution in [-0.4, -0.2) is 36.1 Å².